The third-order valence-corrected chi connectivity index (χ3v) is 3.81. The van der Waals surface area contributed by atoms with Gasteiger partial charge in [-0.25, -0.2) is 4.39 Å². The molecule has 1 aromatic carbocycles. The molecule has 1 atom stereocenters. The zero-order chi connectivity index (χ0) is 12.6. The molecule has 3 nitrogen and oxygen atoms in total. The van der Waals surface area contributed by atoms with Crippen LogP contribution in [0.15, 0.2) is 29.3 Å². The van der Waals surface area contributed by atoms with Crippen LogP contribution >= 0.6 is 0 Å². The van der Waals surface area contributed by atoms with Gasteiger partial charge in [0.1, 0.15) is 5.82 Å². The summed E-state index contributed by atoms with van der Waals surface area (Å²) in [7, 11) is 0. The van der Waals surface area contributed by atoms with Crippen molar-refractivity contribution in [2.75, 3.05) is 13.1 Å². The zero-order valence-electron chi connectivity index (χ0n) is 10.5. The lowest BCUT2D eigenvalue weighted by Gasteiger charge is -2.18. The molecule has 0 aromatic heterocycles. The van der Waals surface area contributed by atoms with Crippen LogP contribution in [0.2, 0.25) is 0 Å². The maximum absolute atomic E-state index is 12.9. The van der Waals surface area contributed by atoms with Gasteiger partial charge in [-0.2, -0.15) is 0 Å². The van der Waals surface area contributed by atoms with Crippen molar-refractivity contribution in [1.29, 1.82) is 0 Å². The fraction of sp³-hybridized carbons (Fsp3) is 0.500. The van der Waals surface area contributed by atoms with E-state index in [1.165, 1.54) is 5.56 Å². The van der Waals surface area contributed by atoms with Crippen LogP contribution < -0.4 is 10.6 Å². The number of benzene rings is 1. The molecule has 0 saturated heterocycles. The Morgan fingerprint density at radius 2 is 2.11 bits per heavy atom. The van der Waals surface area contributed by atoms with Gasteiger partial charge >= 0.3 is 0 Å². The minimum Gasteiger partial charge on any atom is -0.356 e. The first-order chi connectivity index (χ1) is 8.68. The van der Waals surface area contributed by atoms with Crippen LogP contribution in [-0.2, 0) is 5.41 Å². The molecule has 3 rings (SSSR count). The van der Waals surface area contributed by atoms with Gasteiger partial charge in [0.15, 0.2) is 5.96 Å². The molecule has 1 unspecified atom stereocenters. The topological polar surface area (TPSA) is 36.4 Å². The molecule has 0 amide bonds. The highest BCUT2D eigenvalue weighted by Gasteiger charge is 2.44. The summed E-state index contributed by atoms with van der Waals surface area (Å²) in [5.41, 5.74) is 1.41. The molecule has 2 aliphatic rings. The average molecular weight is 247 g/mol. The average Bonchev–Trinajstić information content (AvgIpc) is 3.05. The van der Waals surface area contributed by atoms with Gasteiger partial charge in [-0.1, -0.05) is 12.1 Å². The first-order valence-corrected chi connectivity index (χ1v) is 6.49. The standard InChI is InChI=1S/C14H18FN3/c1-10-8-16-13(18-10)17-9-14(6-7-14)11-2-4-12(15)5-3-11/h2-5,10H,6-9H2,1H3,(H2,16,17,18). The van der Waals surface area contributed by atoms with E-state index in [1.807, 2.05) is 12.1 Å². The fourth-order valence-corrected chi connectivity index (χ4v) is 2.43. The summed E-state index contributed by atoms with van der Waals surface area (Å²) in [6.07, 6.45) is 2.32. The highest BCUT2D eigenvalue weighted by molar-refractivity contribution is 5.81. The molecule has 0 bridgehead atoms. The first-order valence-electron chi connectivity index (χ1n) is 6.49. The molecule has 0 spiro atoms. The summed E-state index contributed by atoms with van der Waals surface area (Å²) in [5.74, 6) is 0.731. The van der Waals surface area contributed by atoms with Crippen molar-refractivity contribution in [1.82, 2.24) is 10.6 Å². The Morgan fingerprint density at radius 3 is 2.67 bits per heavy atom. The molecule has 96 valence electrons. The van der Waals surface area contributed by atoms with Crippen LogP contribution in [0.4, 0.5) is 4.39 Å². The lowest BCUT2D eigenvalue weighted by atomic mass is 9.96. The maximum Gasteiger partial charge on any atom is 0.191 e. The number of nitrogens with zero attached hydrogens (tertiary/aromatic N) is 1. The van der Waals surface area contributed by atoms with Crippen LogP contribution in [0.1, 0.15) is 25.3 Å². The summed E-state index contributed by atoms with van der Waals surface area (Å²) in [4.78, 5) is 4.39. The monoisotopic (exact) mass is 247 g/mol. The molecule has 1 aromatic rings. The number of aliphatic imine (C=N–C) groups is 1. The van der Waals surface area contributed by atoms with Crippen LogP contribution in [0.5, 0.6) is 0 Å². The third kappa shape index (κ3) is 2.19. The second-order valence-electron chi connectivity index (χ2n) is 5.38. The third-order valence-electron chi connectivity index (χ3n) is 3.81. The molecular formula is C14H18FN3. The first kappa shape index (κ1) is 11.5. The minimum absolute atomic E-state index is 0.168. The quantitative estimate of drug-likeness (QED) is 0.854. The van der Waals surface area contributed by atoms with Gasteiger partial charge in [0.05, 0.1) is 6.54 Å². The van der Waals surface area contributed by atoms with Crippen LogP contribution in [0, 0.1) is 5.82 Å². The lowest BCUT2D eigenvalue weighted by molar-refractivity contribution is 0.617. The second kappa shape index (κ2) is 4.26. The smallest absolute Gasteiger partial charge is 0.191 e. The van der Waals surface area contributed by atoms with Gasteiger partial charge in [-0.05, 0) is 37.5 Å². The number of hydrogen-bond donors (Lipinski definition) is 2. The Balaban J connectivity index is 1.63. The Kier molecular flexibility index (Phi) is 2.73. The van der Waals surface area contributed by atoms with E-state index >= 15 is 0 Å². The molecule has 1 aliphatic carbocycles. The van der Waals surface area contributed by atoms with Crippen molar-refractivity contribution < 1.29 is 4.39 Å². The summed E-state index contributed by atoms with van der Waals surface area (Å²) in [5, 5.41) is 6.67. The van der Waals surface area contributed by atoms with E-state index in [9.17, 15) is 4.39 Å². The number of rotatable bonds is 3. The Labute approximate surface area is 106 Å². The van der Waals surface area contributed by atoms with Gasteiger partial charge in [0, 0.05) is 18.0 Å². The van der Waals surface area contributed by atoms with Crippen LogP contribution in [0.3, 0.4) is 0 Å². The van der Waals surface area contributed by atoms with E-state index in [2.05, 4.69) is 22.5 Å². The molecular weight excluding hydrogens is 229 g/mol. The molecule has 1 aliphatic heterocycles. The van der Waals surface area contributed by atoms with Gasteiger partial charge < -0.3 is 10.6 Å². The van der Waals surface area contributed by atoms with Gasteiger partial charge in [0.25, 0.3) is 0 Å². The molecule has 4 heteroatoms. The lowest BCUT2D eigenvalue weighted by Crippen LogP contribution is -2.41. The van der Waals surface area contributed by atoms with E-state index in [-0.39, 0.29) is 11.2 Å². The van der Waals surface area contributed by atoms with Crippen molar-refractivity contribution in [3.8, 4) is 0 Å². The van der Waals surface area contributed by atoms with E-state index in [4.69, 9.17) is 0 Å². The van der Waals surface area contributed by atoms with Gasteiger partial charge in [-0.3, -0.25) is 4.99 Å². The SMILES string of the molecule is CC1CN=C(NCC2(c3ccc(F)cc3)CC2)N1. The van der Waals surface area contributed by atoms with Crippen molar-refractivity contribution in [3.05, 3.63) is 35.6 Å². The van der Waals surface area contributed by atoms with E-state index in [1.54, 1.807) is 12.1 Å². The molecule has 1 saturated carbocycles. The number of nitrogens with one attached hydrogen (secondary N) is 2. The van der Waals surface area contributed by atoms with Crippen molar-refractivity contribution in [2.24, 2.45) is 4.99 Å². The predicted molar refractivity (Wildman–Crippen MR) is 70.2 cm³/mol. The van der Waals surface area contributed by atoms with Crippen molar-refractivity contribution >= 4 is 5.96 Å². The van der Waals surface area contributed by atoms with Crippen molar-refractivity contribution in [3.63, 3.8) is 0 Å². The highest BCUT2D eigenvalue weighted by Crippen LogP contribution is 2.47. The summed E-state index contributed by atoms with van der Waals surface area (Å²) >= 11 is 0. The van der Waals surface area contributed by atoms with E-state index in [0.29, 0.717) is 6.04 Å². The minimum atomic E-state index is -0.168. The van der Waals surface area contributed by atoms with Crippen molar-refractivity contribution in [2.45, 2.75) is 31.2 Å². The largest absolute Gasteiger partial charge is 0.356 e. The summed E-state index contributed by atoms with van der Waals surface area (Å²) in [6, 6.07) is 7.31. The highest BCUT2D eigenvalue weighted by atomic mass is 19.1. The zero-order valence-corrected chi connectivity index (χ0v) is 10.5. The van der Waals surface area contributed by atoms with Crippen LogP contribution in [0.25, 0.3) is 0 Å². The Morgan fingerprint density at radius 1 is 1.39 bits per heavy atom. The van der Waals surface area contributed by atoms with E-state index in [0.717, 1.165) is 31.9 Å². The van der Waals surface area contributed by atoms with Crippen LogP contribution in [-0.4, -0.2) is 25.1 Å². The Bertz CT molecular complexity index is 462. The second-order valence-corrected chi connectivity index (χ2v) is 5.38. The number of hydrogen-bond acceptors (Lipinski definition) is 3. The van der Waals surface area contributed by atoms with Gasteiger partial charge in [-0.15, -0.1) is 0 Å². The molecule has 1 heterocycles. The predicted octanol–water partition coefficient (Wildman–Crippen LogP) is 1.79. The maximum atomic E-state index is 12.9. The molecule has 18 heavy (non-hydrogen) atoms. The fourth-order valence-electron chi connectivity index (χ4n) is 2.43. The summed E-state index contributed by atoms with van der Waals surface area (Å²) < 4.78 is 12.9. The molecule has 1 fully saturated rings. The number of halogens is 1. The van der Waals surface area contributed by atoms with Gasteiger partial charge in [0.2, 0.25) is 0 Å². The molecule has 2 N–H and O–H groups in total. The Hall–Kier alpha value is -1.58. The summed E-state index contributed by atoms with van der Waals surface area (Å²) in [6.45, 7) is 3.83. The van der Waals surface area contributed by atoms with E-state index < -0.39 is 0 Å². The number of guanidine groups is 1. The normalized spacial score (nSPS) is 24.3. The molecule has 0 radical (unpaired) electrons.